The number of hydrogen-bond donors (Lipinski definition) is 1. The van der Waals surface area contributed by atoms with Crippen molar-refractivity contribution >= 4 is 11.8 Å². The van der Waals surface area contributed by atoms with Crippen LogP contribution in [0, 0.1) is 0 Å². The quantitative estimate of drug-likeness (QED) is 0.796. The van der Waals surface area contributed by atoms with E-state index in [9.17, 15) is 0 Å². The van der Waals surface area contributed by atoms with Crippen molar-refractivity contribution in [2.45, 2.75) is 62.6 Å². The molecule has 6 nitrogen and oxygen atoms in total. The maximum Gasteiger partial charge on any atom is 0.191 e. The third-order valence-corrected chi connectivity index (χ3v) is 4.86. The van der Waals surface area contributed by atoms with Gasteiger partial charge in [-0.25, -0.2) is 0 Å². The van der Waals surface area contributed by atoms with Crippen molar-refractivity contribution in [3.8, 4) is 0 Å². The minimum absolute atomic E-state index is 0.447. The van der Waals surface area contributed by atoms with Crippen LogP contribution in [0.3, 0.4) is 0 Å². The summed E-state index contributed by atoms with van der Waals surface area (Å²) in [6, 6.07) is 3.09. The predicted molar refractivity (Wildman–Crippen MR) is 83.0 cm³/mol. The number of nitrogens with zero attached hydrogens (tertiary/aromatic N) is 5. The standard InChI is InChI=1S/C14H22N6S/c1-3-10(2)19-7-6-11(18-19)9-21-14-17-16-13(8-15)20(14)12-4-5-12/h6-7,10,12H,3-5,8-9,15H2,1-2H3. The lowest BCUT2D eigenvalue weighted by Gasteiger charge is -2.08. The van der Waals surface area contributed by atoms with Gasteiger partial charge < -0.3 is 10.3 Å². The molecular weight excluding hydrogens is 284 g/mol. The van der Waals surface area contributed by atoms with Gasteiger partial charge in [0.05, 0.1) is 12.2 Å². The highest BCUT2D eigenvalue weighted by Gasteiger charge is 2.29. The lowest BCUT2D eigenvalue weighted by molar-refractivity contribution is 0.475. The molecule has 2 N–H and O–H groups in total. The molecule has 1 aliphatic carbocycles. The summed E-state index contributed by atoms with van der Waals surface area (Å²) >= 11 is 1.70. The molecule has 114 valence electrons. The van der Waals surface area contributed by atoms with Crippen LogP contribution in [0.2, 0.25) is 0 Å². The Morgan fingerprint density at radius 2 is 2.24 bits per heavy atom. The summed E-state index contributed by atoms with van der Waals surface area (Å²) in [5.74, 6) is 1.71. The average Bonchev–Trinajstić information content (AvgIpc) is 3.09. The molecule has 1 unspecified atom stereocenters. The normalized spacial score (nSPS) is 16.3. The van der Waals surface area contributed by atoms with Gasteiger partial charge in [-0.2, -0.15) is 5.10 Å². The Hall–Kier alpha value is -1.34. The second kappa shape index (κ2) is 6.19. The van der Waals surface area contributed by atoms with Crippen LogP contribution >= 0.6 is 11.8 Å². The van der Waals surface area contributed by atoms with Gasteiger partial charge in [-0.3, -0.25) is 4.68 Å². The fraction of sp³-hybridized carbons (Fsp3) is 0.643. The third-order valence-electron chi connectivity index (χ3n) is 3.88. The highest BCUT2D eigenvalue weighted by molar-refractivity contribution is 7.98. The SMILES string of the molecule is CCC(C)n1ccc(CSc2nnc(CN)n2C2CC2)n1. The molecule has 1 saturated carbocycles. The van der Waals surface area contributed by atoms with Crippen LogP contribution < -0.4 is 5.73 Å². The number of hydrogen-bond acceptors (Lipinski definition) is 5. The van der Waals surface area contributed by atoms with Gasteiger partial charge >= 0.3 is 0 Å². The molecule has 2 aromatic heterocycles. The first kappa shape index (κ1) is 14.6. The van der Waals surface area contributed by atoms with Gasteiger partial charge in [0, 0.05) is 24.0 Å². The number of nitrogens with two attached hydrogens (primary N) is 1. The molecule has 0 aliphatic heterocycles. The Morgan fingerprint density at radius 1 is 1.43 bits per heavy atom. The van der Waals surface area contributed by atoms with E-state index < -0.39 is 0 Å². The van der Waals surface area contributed by atoms with Crippen LogP contribution in [0.5, 0.6) is 0 Å². The summed E-state index contributed by atoms with van der Waals surface area (Å²) in [7, 11) is 0. The number of rotatable bonds is 7. The lowest BCUT2D eigenvalue weighted by atomic mass is 10.3. The molecule has 0 spiro atoms. The summed E-state index contributed by atoms with van der Waals surface area (Å²) < 4.78 is 4.24. The summed E-state index contributed by atoms with van der Waals surface area (Å²) in [6.07, 6.45) is 5.56. The van der Waals surface area contributed by atoms with Crippen LogP contribution in [-0.4, -0.2) is 24.5 Å². The second-order valence-electron chi connectivity index (χ2n) is 5.54. The second-order valence-corrected chi connectivity index (χ2v) is 6.48. The topological polar surface area (TPSA) is 74.6 Å². The van der Waals surface area contributed by atoms with Gasteiger partial charge in [-0.05, 0) is 32.3 Å². The molecule has 3 rings (SSSR count). The minimum Gasteiger partial charge on any atom is -0.324 e. The van der Waals surface area contributed by atoms with Crippen molar-refractivity contribution in [2.75, 3.05) is 0 Å². The molecule has 1 atom stereocenters. The maximum atomic E-state index is 5.74. The first-order valence-electron chi connectivity index (χ1n) is 7.53. The Kier molecular flexibility index (Phi) is 4.30. The van der Waals surface area contributed by atoms with Crippen LogP contribution in [-0.2, 0) is 12.3 Å². The zero-order chi connectivity index (χ0) is 14.8. The molecule has 1 fully saturated rings. The Morgan fingerprint density at radius 3 is 2.90 bits per heavy atom. The Balaban J connectivity index is 1.67. The monoisotopic (exact) mass is 306 g/mol. The molecule has 21 heavy (non-hydrogen) atoms. The van der Waals surface area contributed by atoms with Crippen molar-refractivity contribution in [3.63, 3.8) is 0 Å². The van der Waals surface area contributed by atoms with Gasteiger partial charge in [0.15, 0.2) is 5.16 Å². The first-order chi connectivity index (χ1) is 10.2. The zero-order valence-electron chi connectivity index (χ0n) is 12.6. The van der Waals surface area contributed by atoms with E-state index in [2.05, 4.69) is 46.0 Å². The molecule has 2 heterocycles. The Bertz CT molecular complexity index is 600. The van der Waals surface area contributed by atoms with E-state index >= 15 is 0 Å². The molecule has 7 heteroatoms. The van der Waals surface area contributed by atoms with Gasteiger partial charge in [-0.15, -0.1) is 10.2 Å². The van der Waals surface area contributed by atoms with Crippen molar-refractivity contribution in [1.82, 2.24) is 24.5 Å². The van der Waals surface area contributed by atoms with Crippen LogP contribution in [0.4, 0.5) is 0 Å². The minimum atomic E-state index is 0.447. The van der Waals surface area contributed by atoms with Gasteiger partial charge in [0.2, 0.25) is 0 Å². The summed E-state index contributed by atoms with van der Waals surface area (Å²) in [6.45, 7) is 4.81. The van der Waals surface area contributed by atoms with Crippen molar-refractivity contribution in [2.24, 2.45) is 5.73 Å². The molecule has 1 aliphatic rings. The first-order valence-corrected chi connectivity index (χ1v) is 8.52. The van der Waals surface area contributed by atoms with E-state index in [0.29, 0.717) is 18.6 Å². The summed E-state index contributed by atoms with van der Waals surface area (Å²) in [5, 5.41) is 14.1. The fourth-order valence-electron chi connectivity index (χ4n) is 2.27. The maximum absolute atomic E-state index is 5.74. The van der Waals surface area contributed by atoms with E-state index in [1.165, 1.54) is 12.8 Å². The zero-order valence-corrected chi connectivity index (χ0v) is 13.4. The van der Waals surface area contributed by atoms with E-state index in [-0.39, 0.29) is 0 Å². The van der Waals surface area contributed by atoms with Crippen LogP contribution in [0.15, 0.2) is 17.4 Å². The molecule has 0 saturated heterocycles. The molecular formula is C14H22N6S. The van der Waals surface area contributed by atoms with E-state index in [1.54, 1.807) is 11.8 Å². The van der Waals surface area contributed by atoms with Crippen LogP contribution in [0.1, 0.15) is 56.7 Å². The fourth-order valence-corrected chi connectivity index (χ4v) is 3.19. The largest absolute Gasteiger partial charge is 0.324 e. The summed E-state index contributed by atoms with van der Waals surface area (Å²) in [5.41, 5.74) is 6.82. The van der Waals surface area contributed by atoms with E-state index in [1.807, 2.05) is 4.68 Å². The number of thioether (sulfide) groups is 1. The highest BCUT2D eigenvalue weighted by atomic mass is 32.2. The van der Waals surface area contributed by atoms with Crippen molar-refractivity contribution < 1.29 is 0 Å². The Labute approximate surface area is 129 Å². The van der Waals surface area contributed by atoms with Crippen LogP contribution in [0.25, 0.3) is 0 Å². The molecule has 2 aromatic rings. The lowest BCUT2D eigenvalue weighted by Crippen LogP contribution is -2.08. The van der Waals surface area contributed by atoms with E-state index in [0.717, 1.165) is 28.8 Å². The van der Waals surface area contributed by atoms with Crippen molar-refractivity contribution in [3.05, 3.63) is 23.8 Å². The third kappa shape index (κ3) is 3.13. The molecule has 0 bridgehead atoms. The average molecular weight is 306 g/mol. The molecule has 0 aromatic carbocycles. The smallest absolute Gasteiger partial charge is 0.191 e. The van der Waals surface area contributed by atoms with E-state index in [4.69, 9.17) is 5.73 Å². The summed E-state index contributed by atoms with van der Waals surface area (Å²) in [4.78, 5) is 0. The van der Waals surface area contributed by atoms with Gasteiger partial charge in [0.25, 0.3) is 0 Å². The predicted octanol–water partition coefficient (Wildman–Crippen LogP) is 2.53. The van der Waals surface area contributed by atoms with Gasteiger partial charge in [-0.1, -0.05) is 18.7 Å². The van der Waals surface area contributed by atoms with Gasteiger partial charge in [0.1, 0.15) is 5.82 Å². The molecule has 0 amide bonds. The van der Waals surface area contributed by atoms with Crippen molar-refractivity contribution in [1.29, 1.82) is 0 Å². The molecule has 0 radical (unpaired) electrons. The number of aromatic nitrogens is 5. The highest BCUT2D eigenvalue weighted by Crippen LogP contribution is 2.39.